The number of nitrogens with zero attached hydrogens (tertiary/aromatic N) is 1. The first kappa shape index (κ1) is 22.6. The van der Waals surface area contributed by atoms with Crippen molar-refractivity contribution in [1.82, 2.24) is 10.2 Å². The third kappa shape index (κ3) is 5.62. The fourth-order valence-corrected chi connectivity index (χ4v) is 4.18. The van der Waals surface area contributed by atoms with Crippen molar-refractivity contribution in [1.29, 1.82) is 0 Å². The van der Waals surface area contributed by atoms with E-state index in [9.17, 15) is 14.4 Å². The SMILES string of the molecule is CC(=O)NC1CC(C(=O)Nc2ccc(Cl)cc2)CN(C(=O)c2cccc(-c3ccco3)c2)C1. The van der Waals surface area contributed by atoms with E-state index in [0.29, 0.717) is 35.0 Å². The standard InChI is InChI=1S/C25H24ClN3O4/c1-16(30)27-22-13-19(24(31)28-21-9-7-20(26)8-10-21)14-29(15-22)25(32)18-5-2-4-17(12-18)23-6-3-11-33-23/h2-12,19,22H,13-15H2,1H3,(H,27,30)(H,28,31). The predicted octanol–water partition coefficient (Wildman–Crippen LogP) is 4.21. The van der Waals surface area contributed by atoms with Crippen LogP contribution in [0.4, 0.5) is 5.69 Å². The van der Waals surface area contributed by atoms with Gasteiger partial charge in [0.05, 0.1) is 12.2 Å². The molecular formula is C25H24ClN3O4. The molecule has 0 radical (unpaired) electrons. The summed E-state index contributed by atoms with van der Waals surface area (Å²) in [6.07, 6.45) is 2.02. The van der Waals surface area contributed by atoms with E-state index >= 15 is 0 Å². The van der Waals surface area contributed by atoms with Gasteiger partial charge in [-0.05, 0) is 55.0 Å². The molecule has 2 N–H and O–H groups in total. The quantitative estimate of drug-likeness (QED) is 0.590. The van der Waals surface area contributed by atoms with Crippen LogP contribution in [0.5, 0.6) is 0 Å². The summed E-state index contributed by atoms with van der Waals surface area (Å²) in [5.74, 6) is -0.439. The van der Waals surface area contributed by atoms with Crippen molar-refractivity contribution in [2.24, 2.45) is 5.92 Å². The molecule has 4 rings (SSSR count). The van der Waals surface area contributed by atoms with Gasteiger partial charge >= 0.3 is 0 Å². The number of furan rings is 1. The van der Waals surface area contributed by atoms with E-state index in [1.165, 1.54) is 6.92 Å². The van der Waals surface area contributed by atoms with Crippen molar-refractivity contribution in [2.45, 2.75) is 19.4 Å². The minimum absolute atomic E-state index is 0.203. The molecule has 170 valence electrons. The first-order valence-electron chi connectivity index (χ1n) is 10.7. The Bertz CT molecular complexity index is 1140. The number of piperidine rings is 1. The Kier molecular flexibility index (Phi) is 6.79. The van der Waals surface area contributed by atoms with Crippen LogP contribution in [0.2, 0.25) is 5.02 Å². The molecule has 1 saturated heterocycles. The smallest absolute Gasteiger partial charge is 0.253 e. The number of hydrogen-bond acceptors (Lipinski definition) is 4. The van der Waals surface area contributed by atoms with Crippen molar-refractivity contribution < 1.29 is 18.8 Å². The Morgan fingerprint density at radius 2 is 1.82 bits per heavy atom. The average molecular weight is 466 g/mol. The van der Waals surface area contributed by atoms with Gasteiger partial charge < -0.3 is 20.0 Å². The molecule has 1 aliphatic heterocycles. The molecule has 2 unspecified atom stereocenters. The highest BCUT2D eigenvalue weighted by molar-refractivity contribution is 6.30. The minimum atomic E-state index is -0.483. The van der Waals surface area contributed by atoms with Gasteiger partial charge in [0.2, 0.25) is 11.8 Å². The molecule has 2 aromatic carbocycles. The zero-order valence-corrected chi connectivity index (χ0v) is 18.8. The molecule has 8 heteroatoms. The molecular weight excluding hydrogens is 442 g/mol. The molecule has 3 aromatic rings. The summed E-state index contributed by atoms with van der Waals surface area (Å²) < 4.78 is 5.44. The first-order valence-corrected chi connectivity index (χ1v) is 11.0. The van der Waals surface area contributed by atoms with Crippen LogP contribution in [-0.4, -0.2) is 41.8 Å². The van der Waals surface area contributed by atoms with Crippen molar-refractivity contribution in [2.75, 3.05) is 18.4 Å². The lowest BCUT2D eigenvalue weighted by molar-refractivity contribution is -0.124. The third-order valence-electron chi connectivity index (χ3n) is 5.54. The number of likely N-dealkylation sites (tertiary alicyclic amines) is 1. The second kappa shape index (κ2) is 9.92. The highest BCUT2D eigenvalue weighted by atomic mass is 35.5. The maximum atomic E-state index is 13.4. The van der Waals surface area contributed by atoms with E-state index in [1.54, 1.807) is 59.7 Å². The fourth-order valence-electron chi connectivity index (χ4n) is 4.06. The lowest BCUT2D eigenvalue weighted by Gasteiger charge is -2.37. The van der Waals surface area contributed by atoms with Gasteiger partial charge in [-0.1, -0.05) is 23.7 Å². The molecule has 0 saturated carbocycles. The number of nitrogens with one attached hydrogen (secondary N) is 2. The van der Waals surface area contributed by atoms with Gasteiger partial charge in [0.15, 0.2) is 0 Å². The Morgan fingerprint density at radius 1 is 1.03 bits per heavy atom. The number of halogens is 1. The summed E-state index contributed by atoms with van der Waals surface area (Å²) in [7, 11) is 0. The summed E-state index contributed by atoms with van der Waals surface area (Å²) >= 11 is 5.92. The van der Waals surface area contributed by atoms with E-state index < -0.39 is 5.92 Å². The monoisotopic (exact) mass is 465 g/mol. The zero-order valence-electron chi connectivity index (χ0n) is 18.1. The average Bonchev–Trinajstić information content (AvgIpc) is 3.34. The highest BCUT2D eigenvalue weighted by Crippen LogP contribution is 2.25. The lowest BCUT2D eigenvalue weighted by atomic mass is 9.92. The van der Waals surface area contributed by atoms with Gasteiger partial charge in [0.1, 0.15) is 5.76 Å². The van der Waals surface area contributed by atoms with E-state index in [-0.39, 0.29) is 30.3 Å². The van der Waals surface area contributed by atoms with E-state index in [2.05, 4.69) is 10.6 Å². The number of anilines is 1. The van der Waals surface area contributed by atoms with Crippen LogP contribution in [0, 0.1) is 5.92 Å². The third-order valence-corrected chi connectivity index (χ3v) is 5.79. The van der Waals surface area contributed by atoms with Crippen LogP contribution in [-0.2, 0) is 9.59 Å². The lowest BCUT2D eigenvalue weighted by Crippen LogP contribution is -2.54. The minimum Gasteiger partial charge on any atom is -0.464 e. The number of carbonyl (C=O) groups is 3. The van der Waals surface area contributed by atoms with Crippen molar-refractivity contribution in [3.05, 3.63) is 77.5 Å². The number of carbonyl (C=O) groups excluding carboxylic acids is 3. The summed E-state index contributed by atoms with van der Waals surface area (Å²) in [5, 5.41) is 6.32. The van der Waals surface area contributed by atoms with Crippen LogP contribution in [0.3, 0.4) is 0 Å². The van der Waals surface area contributed by atoms with Gasteiger partial charge in [0, 0.05) is 47.9 Å². The van der Waals surface area contributed by atoms with Gasteiger partial charge in [0.25, 0.3) is 5.91 Å². The number of amides is 3. The van der Waals surface area contributed by atoms with Crippen LogP contribution >= 0.6 is 11.6 Å². The van der Waals surface area contributed by atoms with Gasteiger partial charge in [-0.3, -0.25) is 14.4 Å². The molecule has 2 atom stereocenters. The second-order valence-corrected chi connectivity index (χ2v) is 8.53. The predicted molar refractivity (Wildman–Crippen MR) is 126 cm³/mol. The molecule has 0 spiro atoms. The Hall–Kier alpha value is -3.58. The maximum absolute atomic E-state index is 13.4. The highest BCUT2D eigenvalue weighted by Gasteiger charge is 2.34. The Labute approximate surface area is 196 Å². The van der Waals surface area contributed by atoms with Crippen molar-refractivity contribution >= 4 is 35.0 Å². The molecule has 1 aromatic heterocycles. The van der Waals surface area contributed by atoms with Gasteiger partial charge in [-0.15, -0.1) is 0 Å². The Balaban J connectivity index is 1.53. The van der Waals surface area contributed by atoms with Crippen molar-refractivity contribution in [3.8, 4) is 11.3 Å². The second-order valence-electron chi connectivity index (χ2n) is 8.09. The molecule has 1 fully saturated rings. The van der Waals surface area contributed by atoms with Gasteiger partial charge in [-0.25, -0.2) is 0 Å². The number of rotatable bonds is 5. The molecule has 7 nitrogen and oxygen atoms in total. The summed E-state index contributed by atoms with van der Waals surface area (Å²) in [6, 6.07) is 17.3. The van der Waals surface area contributed by atoms with Crippen LogP contribution in [0.15, 0.2) is 71.3 Å². The van der Waals surface area contributed by atoms with E-state index in [4.69, 9.17) is 16.0 Å². The maximum Gasteiger partial charge on any atom is 0.253 e. The largest absolute Gasteiger partial charge is 0.464 e. The van der Waals surface area contributed by atoms with Crippen LogP contribution in [0.25, 0.3) is 11.3 Å². The molecule has 33 heavy (non-hydrogen) atoms. The normalized spacial score (nSPS) is 17.9. The number of benzene rings is 2. The van der Waals surface area contributed by atoms with Gasteiger partial charge in [-0.2, -0.15) is 0 Å². The van der Waals surface area contributed by atoms with E-state index in [1.807, 2.05) is 12.1 Å². The van der Waals surface area contributed by atoms with E-state index in [0.717, 1.165) is 5.56 Å². The molecule has 0 bridgehead atoms. The Morgan fingerprint density at radius 3 is 2.52 bits per heavy atom. The van der Waals surface area contributed by atoms with Crippen molar-refractivity contribution in [3.63, 3.8) is 0 Å². The van der Waals surface area contributed by atoms with Crippen LogP contribution in [0.1, 0.15) is 23.7 Å². The number of hydrogen-bond donors (Lipinski definition) is 2. The first-order chi connectivity index (χ1) is 15.9. The molecule has 0 aliphatic carbocycles. The molecule has 3 amide bonds. The molecule has 1 aliphatic rings. The molecule has 2 heterocycles. The fraction of sp³-hybridized carbons (Fsp3) is 0.240. The summed E-state index contributed by atoms with van der Waals surface area (Å²) in [6.45, 7) is 2.00. The summed E-state index contributed by atoms with van der Waals surface area (Å²) in [5.41, 5.74) is 1.90. The topological polar surface area (TPSA) is 91.7 Å². The van der Waals surface area contributed by atoms with Crippen LogP contribution < -0.4 is 10.6 Å². The summed E-state index contributed by atoms with van der Waals surface area (Å²) in [4.78, 5) is 39.7. The zero-order chi connectivity index (χ0) is 23.4.